The number of hydrogen-bond donors (Lipinski definition) is 1. The number of carboxylic acid groups (broad SMARTS) is 1. The molecule has 1 N–H and O–H groups in total. The summed E-state index contributed by atoms with van der Waals surface area (Å²) in [6, 6.07) is 2.03. The molecule has 1 aliphatic carbocycles. The third kappa shape index (κ3) is 1.05. The molecule has 0 bridgehead atoms. The third-order valence-electron chi connectivity index (χ3n) is 2.09. The van der Waals surface area contributed by atoms with Gasteiger partial charge in [-0.2, -0.15) is 0 Å². The molecular weight excluding hydrogens is 160 g/mol. The highest BCUT2D eigenvalue weighted by atomic mass is 32.1. The van der Waals surface area contributed by atoms with E-state index in [0.717, 1.165) is 12.8 Å². The molecule has 0 saturated carbocycles. The van der Waals surface area contributed by atoms with Gasteiger partial charge in [0, 0.05) is 4.88 Å². The van der Waals surface area contributed by atoms with Gasteiger partial charge in [0.05, 0.1) is 5.92 Å². The molecule has 1 heterocycles. The number of rotatable bonds is 1. The number of hydrogen-bond acceptors (Lipinski definition) is 2. The number of fused-ring (bicyclic) bond motifs is 1. The predicted octanol–water partition coefficient (Wildman–Crippen LogP) is 1.55. The van der Waals surface area contributed by atoms with E-state index < -0.39 is 5.97 Å². The van der Waals surface area contributed by atoms with Gasteiger partial charge < -0.3 is 5.11 Å². The van der Waals surface area contributed by atoms with E-state index in [9.17, 15) is 4.79 Å². The van der Waals surface area contributed by atoms with E-state index >= 15 is 0 Å². The van der Waals surface area contributed by atoms with Crippen LogP contribution in [0.2, 0.25) is 0 Å². The predicted molar refractivity (Wildman–Crippen MR) is 42.9 cm³/mol. The Morgan fingerprint density at radius 3 is 3.09 bits per heavy atom. The highest BCUT2D eigenvalue weighted by Gasteiger charge is 2.27. The quantitative estimate of drug-likeness (QED) is 0.690. The summed E-state index contributed by atoms with van der Waals surface area (Å²) >= 11 is 1.67. The van der Waals surface area contributed by atoms with Crippen LogP contribution in [0.5, 0.6) is 0 Å². The zero-order chi connectivity index (χ0) is 7.84. The molecule has 2 nitrogen and oxygen atoms in total. The van der Waals surface area contributed by atoms with Crippen LogP contribution in [0.3, 0.4) is 0 Å². The van der Waals surface area contributed by atoms with Crippen LogP contribution in [-0.4, -0.2) is 11.1 Å². The zero-order valence-electron chi connectivity index (χ0n) is 5.91. The molecule has 0 saturated heterocycles. The third-order valence-corrected chi connectivity index (χ3v) is 3.07. The maximum Gasteiger partial charge on any atom is 0.307 e. The Kier molecular flexibility index (Phi) is 1.46. The lowest BCUT2D eigenvalue weighted by Crippen LogP contribution is -2.12. The molecule has 0 unspecified atom stereocenters. The second-order valence-corrected chi connectivity index (χ2v) is 3.81. The van der Waals surface area contributed by atoms with E-state index in [2.05, 4.69) is 0 Å². The van der Waals surface area contributed by atoms with Crippen LogP contribution < -0.4 is 0 Å². The Bertz CT molecular complexity index is 270. The van der Waals surface area contributed by atoms with Crippen molar-refractivity contribution in [3.63, 3.8) is 0 Å². The molecule has 0 radical (unpaired) electrons. The van der Waals surface area contributed by atoms with Gasteiger partial charge >= 0.3 is 5.97 Å². The van der Waals surface area contributed by atoms with Crippen LogP contribution in [0, 0.1) is 5.92 Å². The average molecular weight is 168 g/mol. The molecule has 0 aliphatic heterocycles. The maximum atomic E-state index is 10.6. The van der Waals surface area contributed by atoms with Crippen molar-refractivity contribution in [3.8, 4) is 0 Å². The Labute approximate surface area is 68.5 Å². The van der Waals surface area contributed by atoms with E-state index in [-0.39, 0.29) is 5.92 Å². The topological polar surface area (TPSA) is 37.3 Å². The van der Waals surface area contributed by atoms with Crippen molar-refractivity contribution >= 4 is 17.3 Å². The summed E-state index contributed by atoms with van der Waals surface area (Å²) in [6.07, 6.45) is 1.47. The molecule has 1 aromatic heterocycles. The van der Waals surface area contributed by atoms with Crippen molar-refractivity contribution in [1.29, 1.82) is 0 Å². The van der Waals surface area contributed by atoms with Crippen molar-refractivity contribution in [2.75, 3.05) is 0 Å². The maximum absolute atomic E-state index is 10.6. The van der Waals surface area contributed by atoms with Crippen LogP contribution in [0.4, 0.5) is 0 Å². The number of carboxylic acids is 1. The fraction of sp³-hybridized carbons (Fsp3) is 0.375. The fourth-order valence-electron chi connectivity index (χ4n) is 1.46. The lowest BCUT2D eigenvalue weighted by molar-refractivity contribution is -0.141. The molecule has 58 valence electrons. The molecule has 11 heavy (non-hydrogen) atoms. The standard InChI is InChI=1S/C8H8O2S/c9-8(10)6-3-5-1-2-11-7(5)4-6/h1-2,6H,3-4H2,(H,9,10)/t6-/m0/s1. The number of aliphatic carboxylic acids is 1. The zero-order valence-corrected chi connectivity index (χ0v) is 6.73. The largest absolute Gasteiger partial charge is 0.481 e. The Balaban J connectivity index is 2.22. The lowest BCUT2D eigenvalue weighted by atomic mass is 10.1. The summed E-state index contributed by atoms with van der Waals surface area (Å²) in [5.41, 5.74) is 1.24. The first-order chi connectivity index (χ1) is 5.27. The SMILES string of the molecule is O=C(O)[C@H]1Cc2ccsc2C1. The van der Waals surface area contributed by atoms with Crippen LogP contribution >= 0.6 is 11.3 Å². The minimum atomic E-state index is -0.659. The van der Waals surface area contributed by atoms with Gasteiger partial charge in [-0.1, -0.05) is 0 Å². The molecule has 1 aliphatic rings. The van der Waals surface area contributed by atoms with Gasteiger partial charge in [-0.05, 0) is 29.9 Å². The highest BCUT2D eigenvalue weighted by Crippen LogP contribution is 2.30. The fourth-order valence-corrected chi connectivity index (χ4v) is 2.46. The second-order valence-electron chi connectivity index (χ2n) is 2.81. The van der Waals surface area contributed by atoms with Gasteiger partial charge in [0.25, 0.3) is 0 Å². The van der Waals surface area contributed by atoms with Crippen molar-refractivity contribution in [2.45, 2.75) is 12.8 Å². The van der Waals surface area contributed by atoms with Gasteiger partial charge in [0.15, 0.2) is 0 Å². The highest BCUT2D eigenvalue weighted by molar-refractivity contribution is 7.10. The number of carbonyl (C=O) groups is 1. The lowest BCUT2D eigenvalue weighted by Gasteiger charge is -1.99. The van der Waals surface area contributed by atoms with Crippen LogP contribution in [0.1, 0.15) is 10.4 Å². The smallest absolute Gasteiger partial charge is 0.307 e. The first-order valence-corrected chi connectivity index (χ1v) is 4.43. The van der Waals surface area contributed by atoms with E-state index in [1.807, 2.05) is 11.4 Å². The summed E-state index contributed by atoms with van der Waals surface area (Å²) in [4.78, 5) is 11.8. The van der Waals surface area contributed by atoms with E-state index in [1.165, 1.54) is 10.4 Å². The first-order valence-electron chi connectivity index (χ1n) is 3.55. The van der Waals surface area contributed by atoms with E-state index in [0.29, 0.717) is 0 Å². The summed E-state index contributed by atoms with van der Waals surface area (Å²) < 4.78 is 0. The molecule has 0 amide bonds. The number of thiophene rings is 1. The minimum absolute atomic E-state index is 0.155. The summed E-state index contributed by atoms with van der Waals surface area (Å²) in [5, 5.41) is 10.7. The minimum Gasteiger partial charge on any atom is -0.481 e. The van der Waals surface area contributed by atoms with E-state index in [1.54, 1.807) is 11.3 Å². The van der Waals surface area contributed by atoms with Crippen LogP contribution in [0.15, 0.2) is 11.4 Å². The molecule has 2 rings (SSSR count). The molecule has 3 heteroatoms. The van der Waals surface area contributed by atoms with Gasteiger partial charge in [-0.3, -0.25) is 4.79 Å². The monoisotopic (exact) mass is 168 g/mol. The molecule has 1 atom stereocenters. The molecule has 0 spiro atoms. The van der Waals surface area contributed by atoms with E-state index in [4.69, 9.17) is 5.11 Å². The summed E-state index contributed by atoms with van der Waals surface area (Å²) in [5.74, 6) is -0.814. The van der Waals surface area contributed by atoms with Gasteiger partial charge in [0.2, 0.25) is 0 Å². The Morgan fingerprint density at radius 2 is 2.45 bits per heavy atom. The Hall–Kier alpha value is -0.830. The van der Waals surface area contributed by atoms with Crippen molar-refractivity contribution in [1.82, 2.24) is 0 Å². The normalized spacial score (nSPS) is 21.6. The molecule has 0 aromatic carbocycles. The van der Waals surface area contributed by atoms with Gasteiger partial charge in [-0.15, -0.1) is 11.3 Å². The Morgan fingerprint density at radius 1 is 1.64 bits per heavy atom. The second kappa shape index (κ2) is 2.34. The van der Waals surface area contributed by atoms with Crippen molar-refractivity contribution in [2.24, 2.45) is 5.92 Å². The average Bonchev–Trinajstić information content (AvgIpc) is 2.40. The van der Waals surface area contributed by atoms with Gasteiger partial charge in [-0.25, -0.2) is 0 Å². The van der Waals surface area contributed by atoms with Crippen LogP contribution in [-0.2, 0) is 17.6 Å². The molecular formula is C8H8O2S. The molecule has 0 fully saturated rings. The molecule has 1 aromatic rings. The summed E-state index contributed by atoms with van der Waals surface area (Å²) in [6.45, 7) is 0. The summed E-state index contributed by atoms with van der Waals surface area (Å²) in [7, 11) is 0. The van der Waals surface area contributed by atoms with Gasteiger partial charge in [0.1, 0.15) is 0 Å². The van der Waals surface area contributed by atoms with Crippen molar-refractivity contribution < 1.29 is 9.90 Å². The first kappa shape index (κ1) is 6.85. The van der Waals surface area contributed by atoms with Crippen LogP contribution in [0.25, 0.3) is 0 Å². The van der Waals surface area contributed by atoms with Crippen molar-refractivity contribution in [3.05, 3.63) is 21.9 Å².